The average molecular weight is 354 g/mol. The summed E-state index contributed by atoms with van der Waals surface area (Å²) in [6.45, 7) is 4.10. The molecule has 1 aromatic heterocycles. The van der Waals surface area contributed by atoms with Gasteiger partial charge in [-0.25, -0.2) is 0 Å². The second kappa shape index (κ2) is 7.45. The van der Waals surface area contributed by atoms with Crippen LogP contribution in [0.5, 0.6) is 5.75 Å². The Kier molecular flexibility index (Phi) is 5.10. The van der Waals surface area contributed by atoms with Crippen molar-refractivity contribution >= 4 is 23.5 Å². The van der Waals surface area contributed by atoms with Gasteiger partial charge in [-0.1, -0.05) is 29.8 Å². The second-order valence-corrected chi connectivity index (χ2v) is 6.15. The van der Waals surface area contributed by atoms with Crippen molar-refractivity contribution in [3.63, 3.8) is 0 Å². The van der Waals surface area contributed by atoms with Crippen LogP contribution in [0.3, 0.4) is 0 Å². The average Bonchev–Trinajstić information content (AvgIpc) is 2.89. The minimum Gasteiger partial charge on any atom is -0.495 e. The van der Waals surface area contributed by atoms with Crippen LogP contribution in [0.25, 0.3) is 5.69 Å². The maximum Gasteiger partial charge on any atom is 0.142 e. The van der Waals surface area contributed by atoms with E-state index in [0.29, 0.717) is 5.02 Å². The van der Waals surface area contributed by atoms with E-state index in [2.05, 4.69) is 35.0 Å². The third-order valence-electron chi connectivity index (χ3n) is 4.02. The molecule has 0 radical (unpaired) electrons. The molecule has 3 rings (SSSR count). The molecule has 0 saturated carbocycles. The molecule has 2 aromatic carbocycles. The lowest BCUT2D eigenvalue weighted by Gasteiger charge is -2.14. The predicted octanol–water partition coefficient (Wildman–Crippen LogP) is 5.20. The van der Waals surface area contributed by atoms with Gasteiger partial charge in [0.2, 0.25) is 0 Å². The third-order valence-corrected chi connectivity index (χ3v) is 4.26. The quantitative estimate of drug-likeness (QED) is 0.505. The molecule has 1 N–H and O–H groups in total. The van der Waals surface area contributed by atoms with Crippen LogP contribution in [0.15, 0.2) is 59.7 Å². The molecule has 5 heteroatoms. The number of ether oxygens (including phenoxy) is 1. The summed E-state index contributed by atoms with van der Waals surface area (Å²) in [7, 11) is 1.66. The van der Waals surface area contributed by atoms with Gasteiger partial charge in [0.1, 0.15) is 5.75 Å². The molecule has 0 aliphatic carbocycles. The molecule has 0 saturated heterocycles. The van der Waals surface area contributed by atoms with Gasteiger partial charge in [-0.3, -0.25) is 5.43 Å². The molecule has 0 amide bonds. The molecular formula is C20H20ClN3O. The van der Waals surface area contributed by atoms with Gasteiger partial charge in [0.05, 0.1) is 24.7 Å². The van der Waals surface area contributed by atoms with Crippen LogP contribution in [0.1, 0.15) is 17.0 Å². The number of aryl methyl sites for hydroxylation is 1. The molecule has 0 bridgehead atoms. The molecule has 0 aliphatic rings. The second-order valence-electron chi connectivity index (χ2n) is 5.71. The minimum absolute atomic E-state index is 0.671. The van der Waals surface area contributed by atoms with Crippen molar-refractivity contribution in [3.8, 4) is 11.4 Å². The fraction of sp³-hybridized carbons (Fsp3) is 0.150. The number of hydrogen-bond acceptors (Lipinski definition) is 3. The van der Waals surface area contributed by atoms with Gasteiger partial charge >= 0.3 is 0 Å². The summed E-state index contributed by atoms with van der Waals surface area (Å²) in [5.41, 5.74) is 8.08. The molecule has 1 heterocycles. The van der Waals surface area contributed by atoms with Crippen LogP contribution in [-0.4, -0.2) is 17.9 Å². The number of methoxy groups -OCH3 is 1. The first-order valence-electron chi connectivity index (χ1n) is 7.97. The van der Waals surface area contributed by atoms with Crippen LogP contribution in [0.2, 0.25) is 5.02 Å². The Bertz CT molecular complexity index is 901. The molecule has 0 unspecified atom stereocenters. The van der Waals surface area contributed by atoms with Crippen LogP contribution >= 0.6 is 11.6 Å². The summed E-state index contributed by atoms with van der Waals surface area (Å²) >= 11 is 6.18. The first kappa shape index (κ1) is 17.1. The van der Waals surface area contributed by atoms with Crippen molar-refractivity contribution in [2.45, 2.75) is 13.8 Å². The first-order chi connectivity index (χ1) is 12.1. The maximum absolute atomic E-state index is 6.18. The summed E-state index contributed by atoms with van der Waals surface area (Å²) in [5.74, 6) is 0.775. The molecule has 0 aliphatic heterocycles. The number of hydrazone groups is 1. The zero-order chi connectivity index (χ0) is 17.8. The Labute approximate surface area is 152 Å². The van der Waals surface area contributed by atoms with Crippen molar-refractivity contribution in [1.29, 1.82) is 0 Å². The Balaban J connectivity index is 1.93. The zero-order valence-electron chi connectivity index (χ0n) is 14.5. The molecule has 4 nitrogen and oxygen atoms in total. The minimum atomic E-state index is 0.671. The van der Waals surface area contributed by atoms with E-state index in [1.165, 1.54) is 0 Å². The van der Waals surface area contributed by atoms with Gasteiger partial charge < -0.3 is 9.30 Å². The first-order valence-corrected chi connectivity index (χ1v) is 8.35. The van der Waals surface area contributed by atoms with Crippen LogP contribution in [0.4, 0.5) is 5.69 Å². The summed E-state index contributed by atoms with van der Waals surface area (Å²) < 4.78 is 7.61. The third kappa shape index (κ3) is 3.69. The molecular weight excluding hydrogens is 334 g/mol. The van der Waals surface area contributed by atoms with Crippen LogP contribution in [0, 0.1) is 13.8 Å². The standard InChI is InChI=1S/C20H20ClN3O/c1-14-11-16(13-22-23-18-7-5-4-6-8-18)15(2)24(14)19-12-17(21)9-10-20(19)25-3/h4-13,23H,1-3H3/b22-13-. The summed E-state index contributed by atoms with van der Waals surface area (Å²) in [5, 5.41) is 5.01. The van der Waals surface area contributed by atoms with Gasteiger partial charge in [-0.15, -0.1) is 0 Å². The molecule has 0 fully saturated rings. The zero-order valence-corrected chi connectivity index (χ0v) is 15.2. The van der Waals surface area contributed by atoms with Gasteiger partial charge in [0, 0.05) is 22.0 Å². The van der Waals surface area contributed by atoms with E-state index >= 15 is 0 Å². The van der Waals surface area contributed by atoms with Gasteiger partial charge in [-0.05, 0) is 50.2 Å². The smallest absolute Gasteiger partial charge is 0.142 e. The maximum atomic E-state index is 6.18. The fourth-order valence-corrected chi connectivity index (χ4v) is 2.98. The van der Waals surface area contributed by atoms with E-state index in [-0.39, 0.29) is 0 Å². The lowest BCUT2D eigenvalue weighted by atomic mass is 10.2. The Hall–Kier alpha value is -2.72. The highest BCUT2D eigenvalue weighted by atomic mass is 35.5. The number of para-hydroxylation sites is 1. The number of benzene rings is 2. The SMILES string of the molecule is COc1ccc(Cl)cc1-n1c(C)cc(/C=N\Nc2ccccc2)c1C. The Morgan fingerprint density at radius 3 is 2.56 bits per heavy atom. The molecule has 25 heavy (non-hydrogen) atoms. The number of rotatable bonds is 5. The number of nitrogens with zero attached hydrogens (tertiary/aromatic N) is 2. The van der Waals surface area contributed by atoms with E-state index in [4.69, 9.17) is 16.3 Å². The van der Waals surface area contributed by atoms with E-state index in [0.717, 1.165) is 34.1 Å². The van der Waals surface area contributed by atoms with Gasteiger partial charge in [-0.2, -0.15) is 5.10 Å². The van der Waals surface area contributed by atoms with Crippen molar-refractivity contribution in [1.82, 2.24) is 4.57 Å². The van der Waals surface area contributed by atoms with Gasteiger partial charge in [0.25, 0.3) is 0 Å². The van der Waals surface area contributed by atoms with Gasteiger partial charge in [0.15, 0.2) is 0 Å². The Morgan fingerprint density at radius 1 is 1.08 bits per heavy atom. The molecule has 128 valence electrons. The molecule has 0 atom stereocenters. The van der Waals surface area contributed by atoms with Crippen molar-refractivity contribution in [2.75, 3.05) is 12.5 Å². The number of hydrogen-bond donors (Lipinski definition) is 1. The number of nitrogens with one attached hydrogen (secondary N) is 1. The van der Waals surface area contributed by atoms with E-state index in [1.807, 2.05) is 54.7 Å². The van der Waals surface area contributed by atoms with Crippen molar-refractivity contribution < 1.29 is 4.74 Å². The van der Waals surface area contributed by atoms with Crippen molar-refractivity contribution in [2.24, 2.45) is 5.10 Å². The fourth-order valence-electron chi connectivity index (χ4n) is 2.82. The molecule has 3 aromatic rings. The molecule has 0 spiro atoms. The number of aromatic nitrogens is 1. The van der Waals surface area contributed by atoms with Crippen molar-refractivity contribution in [3.05, 3.63) is 76.6 Å². The topological polar surface area (TPSA) is 38.5 Å². The summed E-state index contributed by atoms with van der Waals surface area (Å²) in [6.07, 6.45) is 1.82. The lowest BCUT2D eigenvalue weighted by molar-refractivity contribution is 0.412. The van der Waals surface area contributed by atoms with E-state index in [9.17, 15) is 0 Å². The monoisotopic (exact) mass is 353 g/mol. The van der Waals surface area contributed by atoms with E-state index in [1.54, 1.807) is 7.11 Å². The summed E-state index contributed by atoms with van der Waals surface area (Å²) in [6, 6.07) is 17.5. The van der Waals surface area contributed by atoms with Crippen LogP contribution in [-0.2, 0) is 0 Å². The lowest BCUT2D eigenvalue weighted by Crippen LogP contribution is -2.02. The number of anilines is 1. The van der Waals surface area contributed by atoms with E-state index < -0.39 is 0 Å². The highest BCUT2D eigenvalue weighted by Gasteiger charge is 2.13. The Morgan fingerprint density at radius 2 is 1.84 bits per heavy atom. The normalized spacial score (nSPS) is 11.0. The predicted molar refractivity (Wildman–Crippen MR) is 104 cm³/mol. The highest BCUT2D eigenvalue weighted by Crippen LogP contribution is 2.30. The van der Waals surface area contributed by atoms with Crippen LogP contribution < -0.4 is 10.2 Å². The summed E-state index contributed by atoms with van der Waals surface area (Å²) in [4.78, 5) is 0. The number of halogens is 1. The highest BCUT2D eigenvalue weighted by molar-refractivity contribution is 6.30. The largest absolute Gasteiger partial charge is 0.495 e.